The lowest BCUT2D eigenvalue weighted by Crippen LogP contribution is -2.38. The van der Waals surface area contributed by atoms with Crippen molar-refractivity contribution in [3.8, 4) is 0 Å². The second-order valence-corrected chi connectivity index (χ2v) is 7.21. The Morgan fingerprint density at radius 3 is 2.75 bits per heavy atom. The van der Waals surface area contributed by atoms with E-state index in [1.807, 2.05) is 13.2 Å². The minimum absolute atomic E-state index is 0.0146. The van der Waals surface area contributed by atoms with Crippen LogP contribution in [0.25, 0.3) is 0 Å². The predicted octanol–water partition coefficient (Wildman–Crippen LogP) is 0.730. The van der Waals surface area contributed by atoms with Gasteiger partial charge in [0.1, 0.15) is 11.4 Å². The monoisotopic (exact) mass is 321 g/mol. The van der Waals surface area contributed by atoms with Crippen LogP contribution in [0.3, 0.4) is 0 Å². The zero-order chi connectivity index (χ0) is 15.3. The normalized spacial score (nSPS) is 13.6. The third kappa shape index (κ3) is 3.97. The second kappa shape index (κ2) is 7.09. The van der Waals surface area contributed by atoms with Crippen molar-refractivity contribution in [2.75, 3.05) is 19.1 Å². The zero-order valence-electron chi connectivity index (χ0n) is 11.7. The van der Waals surface area contributed by atoms with Crippen molar-refractivity contribution in [1.29, 1.82) is 0 Å². The van der Waals surface area contributed by atoms with Crippen LogP contribution in [0.5, 0.6) is 0 Å². The van der Waals surface area contributed by atoms with E-state index in [0.717, 1.165) is 4.68 Å². The molecule has 9 heteroatoms. The summed E-state index contributed by atoms with van der Waals surface area (Å²) in [5, 5.41) is 12.4. The molecule has 0 saturated carbocycles. The highest BCUT2D eigenvalue weighted by Gasteiger charge is 2.28. The lowest BCUT2D eigenvalue weighted by Gasteiger charge is -2.25. The molecular formula is C11H19N3O4S2. The van der Waals surface area contributed by atoms with Gasteiger partial charge in [-0.05, 0) is 12.7 Å². The summed E-state index contributed by atoms with van der Waals surface area (Å²) in [5.74, 6) is -0.366. The number of carboxylic acid groups (broad SMARTS) is 1. The molecule has 0 fully saturated rings. The third-order valence-corrected chi connectivity index (χ3v) is 5.51. The van der Waals surface area contributed by atoms with E-state index < -0.39 is 16.0 Å². The summed E-state index contributed by atoms with van der Waals surface area (Å²) >= 11 is 1.58. The Morgan fingerprint density at radius 1 is 1.60 bits per heavy atom. The summed E-state index contributed by atoms with van der Waals surface area (Å²) in [7, 11) is -2.11. The van der Waals surface area contributed by atoms with Crippen molar-refractivity contribution in [3.63, 3.8) is 0 Å². The number of carboxylic acids is 1. The molecule has 20 heavy (non-hydrogen) atoms. The SMILES string of the molecule is CCC(CSC)N(C)S(=O)(=O)c1cnn(CC(=O)O)c1. The largest absolute Gasteiger partial charge is 0.480 e. The van der Waals surface area contributed by atoms with E-state index in [1.54, 1.807) is 11.8 Å². The van der Waals surface area contributed by atoms with E-state index in [1.165, 1.54) is 23.7 Å². The van der Waals surface area contributed by atoms with Crippen LogP contribution in [0, 0.1) is 0 Å². The number of aliphatic carboxylic acids is 1. The smallest absolute Gasteiger partial charge is 0.325 e. The van der Waals surface area contributed by atoms with Crippen molar-refractivity contribution in [3.05, 3.63) is 12.4 Å². The van der Waals surface area contributed by atoms with Gasteiger partial charge in [-0.2, -0.15) is 21.2 Å². The first-order chi connectivity index (χ1) is 9.32. The highest BCUT2D eigenvalue weighted by molar-refractivity contribution is 7.98. The molecule has 0 amide bonds. The summed E-state index contributed by atoms with van der Waals surface area (Å²) in [5.41, 5.74) is 0. The summed E-state index contributed by atoms with van der Waals surface area (Å²) in [4.78, 5) is 10.6. The first kappa shape index (κ1) is 17.0. The van der Waals surface area contributed by atoms with Gasteiger partial charge >= 0.3 is 5.97 Å². The molecule has 1 aromatic heterocycles. The fourth-order valence-electron chi connectivity index (χ4n) is 1.74. The van der Waals surface area contributed by atoms with Crippen LogP contribution in [0.4, 0.5) is 0 Å². The van der Waals surface area contributed by atoms with Gasteiger partial charge in [0.15, 0.2) is 0 Å². The van der Waals surface area contributed by atoms with Gasteiger partial charge in [0.2, 0.25) is 10.0 Å². The van der Waals surface area contributed by atoms with Crippen LogP contribution < -0.4 is 0 Å². The highest BCUT2D eigenvalue weighted by Crippen LogP contribution is 2.19. The minimum atomic E-state index is -3.64. The summed E-state index contributed by atoms with van der Waals surface area (Å²) in [6.45, 7) is 1.57. The van der Waals surface area contributed by atoms with Gasteiger partial charge in [0.05, 0.1) is 6.20 Å². The average Bonchev–Trinajstić information content (AvgIpc) is 2.83. The van der Waals surface area contributed by atoms with E-state index in [-0.39, 0.29) is 17.5 Å². The maximum atomic E-state index is 12.4. The molecule has 1 N–H and O–H groups in total. The number of sulfonamides is 1. The van der Waals surface area contributed by atoms with Gasteiger partial charge in [-0.15, -0.1) is 0 Å². The van der Waals surface area contributed by atoms with Gasteiger partial charge in [-0.25, -0.2) is 8.42 Å². The van der Waals surface area contributed by atoms with Crippen LogP contribution in [0.15, 0.2) is 17.3 Å². The van der Waals surface area contributed by atoms with E-state index >= 15 is 0 Å². The molecule has 1 heterocycles. The Balaban J connectivity index is 2.97. The number of rotatable bonds is 8. The summed E-state index contributed by atoms with van der Waals surface area (Å²) in [6.07, 6.45) is 5.06. The lowest BCUT2D eigenvalue weighted by molar-refractivity contribution is -0.137. The number of aromatic nitrogens is 2. The van der Waals surface area contributed by atoms with Gasteiger partial charge in [0.25, 0.3) is 0 Å². The number of hydrogen-bond donors (Lipinski definition) is 1. The van der Waals surface area contributed by atoms with Crippen molar-refractivity contribution >= 4 is 27.8 Å². The standard InChI is InChI=1S/C11H19N3O4S2/c1-4-9(8-19-3)13(2)20(17,18)10-5-12-14(6-10)7-11(15)16/h5-6,9H,4,7-8H2,1-3H3,(H,15,16). The Kier molecular flexibility index (Phi) is 6.03. The minimum Gasteiger partial charge on any atom is -0.480 e. The molecule has 1 aromatic rings. The molecule has 0 spiro atoms. The Morgan fingerprint density at radius 2 is 2.25 bits per heavy atom. The van der Waals surface area contributed by atoms with E-state index in [9.17, 15) is 13.2 Å². The van der Waals surface area contributed by atoms with Crippen LogP contribution in [0.2, 0.25) is 0 Å². The molecule has 1 rings (SSSR count). The molecule has 0 radical (unpaired) electrons. The molecule has 0 aliphatic carbocycles. The third-order valence-electron chi connectivity index (χ3n) is 2.93. The Hall–Kier alpha value is -1.06. The molecule has 114 valence electrons. The maximum Gasteiger partial charge on any atom is 0.325 e. The first-order valence-electron chi connectivity index (χ1n) is 6.04. The van der Waals surface area contributed by atoms with Crippen LogP contribution >= 0.6 is 11.8 Å². The van der Waals surface area contributed by atoms with Gasteiger partial charge in [0, 0.05) is 25.0 Å². The quantitative estimate of drug-likeness (QED) is 0.759. The Bertz CT molecular complexity index is 556. The number of carbonyl (C=O) groups is 1. The molecular weight excluding hydrogens is 302 g/mol. The molecule has 0 bridgehead atoms. The molecule has 0 aromatic carbocycles. The van der Waals surface area contributed by atoms with Crippen molar-refractivity contribution in [2.45, 2.75) is 30.8 Å². The fourth-order valence-corrected chi connectivity index (χ4v) is 4.06. The molecule has 0 aliphatic rings. The van der Waals surface area contributed by atoms with Crippen molar-refractivity contribution < 1.29 is 18.3 Å². The summed E-state index contributed by atoms with van der Waals surface area (Å²) < 4.78 is 27.3. The predicted molar refractivity (Wildman–Crippen MR) is 77.3 cm³/mol. The zero-order valence-corrected chi connectivity index (χ0v) is 13.3. The molecule has 0 aliphatic heterocycles. The van der Waals surface area contributed by atoms with E-state index in [0.29, 0.717) is 12.2 Å². The first-order valence-corrected chi connectivity index (χ1v) is 8.87. The molecule has 1 atom stereocenters. The highest BCUT2D eigenvalue weighted by atomic mass is 32.2. The van der Waals surface area contributed by atoms with Crippen LogP contribution in [-0.2, 0) is 21.4 Å². The molecule has 1 unspecified atom stereocenters. The van der Waals surface area contributed by atoms with Gasteiger partial charge in [-0.3, -0.25) is 9.48 Å². The molecule has 7 nitrogen and oxygen atoms in total. The van der Waals surface area contributed by atoms with E-state index in [4.69, 9.17) is 5.11 Å². The van der Waals surface area contributed by atoms with Crippen LogP contribution in [0.1, 0.15) is 13.3 Å². The van der Waals surface area contributed by atoms with Crippen molar-refractivity contribution in [2.24, 2.45) is 0 Å². The van der Waals surface area contributed by atoms with E-state index in [2.05, 4.69) is 5.10 Å². The topological polar surface area (TPSA) is 92.5 Å². The average molecular weight is 321 g/mol. The summed E-state index contributed by atoms with van der Waals surface area (Å²) in [6, 6.07) is -0.0992. The van der Waals surface area contributed by atoms with Gasteiger partial charge in [-0.1, -0.05) is 6.92 Å². The second-order valence-electron chi connectivity index (χ2n) is 4.31. The maximum absolute atomic E-state index is 12.4. The van der Waals surface area contributed by atoms with Crippen LogP contribution in [-0.4, -0.2) is 58.7 Å². The van der Waals surface area contributed by atoms with Crippen molar-refractivity contribution in [1.82, 2.24) is 14.1 Å². The Labute approximate surface area is 123 Å². The molecule has 0 saturated heterocycles. The fraction of sp³-hybridized carbons (Fsp3) is 0.636. The van der Waals surface area contributed by atoms with Gasteiger partial charge < -0.3 is 5.11 Å². The lowest BCUT2D eigenvalue weighted by atomic mass is 10.3. The number of thioether (sulfide) groups is 1. The number of nitrogens with zero attached hydrogens (tertiary/aromatic N) is 3. The number of hydrogen-bond acceptors (Lipinski definition) is 5.